The summed E-state index contributed by atoms with van der Waals surface area (Å²) in [6.45, 7) is 0. The number of nitrogens with zero attached hydrogens (tertiary/aromatic N) is 4. The van der Waals surface area contributed by atoms with Crippen LogP contribution in [0.25, 0.3) is 60.6 Å². The van der Waals surface area contributed by atoms with E-state index in [4.69, 9.17) is 14.7 Å². The highest BCUT2D eigenvalue weighted by Gasteiger charge is 2.27. The summed E-state index contributed by atoms with van der Waals surface area (Å²) in [6, 6.07) is 53.5. The van der Waals surface area contributed by atoms with Gasteiger partial charge in [0.2, 0.25) is 5.95 Å². The second-order valence-corrected chi connectivity index (χ2v) is 13.8. The van der Waals surface area contributed by atoms with Gasteiger partial charge in [-0.25, -0.2) is 9.97 Å². The largest absolute Gasteiger partial charge is 0.453 e. The Bertz CT molecular complexity index is 2980. The van der Waals surface area contributed by atoms with Gasteiger partial charge in [-0.1, -0.05) is 121 Å². The standard InChI is InChI=1S/C48H32N4O/c1-3-14-32(15-4-1)47-37-19-9-10-20-39(37)49-48(50-47)52-42-28-24-31-13-7-8-18-36(31)46(42)38-26-23-33(29-43(38)52)34-25-27-41-45(30-34)53-44-22-12-11-21-40(44)51(41)35-16-5-2-6-17-35/h1-14,16-30,32H,15H2. The number of ether oxygens (including phenoxy) is 1. The molecule has 5 nitrogen and oxygen atoms in total. The Kier molecular flexibility index (Phi) is 6.61. The van der Waals surface area contributed by atoms with E-state index in [-0.39, 0.29) is 5.92 Å². The lowest BCUT2D eigenvalue weighted by molar-refractivity contribution is 0.477. The van der Waals surface area contributed by atoms with Crippen molar-refractivity contribution in [1.82, 2.24) is 14.5 Å². The van der Waals surface area contributed by atoms with Crippen molar-refractivity contribution in [2.75, 3.05) is 4.90 Å². The van der Waals surface area contributed by atoms with Crippen molar-refractivity contribution in [3.63, 3.8) is 0 Å². The summed E-state index contributed by atoms with van der Waals surface area (Å²) in [5.74, 6) is 2.50. The highest BCUT2D eigenvalue weighted by atomic mass is 16.5. The molecule has 0 N–H and O–H groups in total. The second-order valence-electron chi connectivity index (χ2n) is 13.8. The third-order valence-corrected chi connectivity index (χ3v) is 10.7. The van der Waals surface area contributed by atoms with Crippen LogP contribution in [-0.4, -0.2) is 14.5 Å². The summed E-state index contributed by atoms with van der Waals surface area (Å²) in [5, 5.41) is 5.88. The summed E-state index contributed by atoms with van der Waals surface area (Å²) in [5.41, 5.74) is 9.40. The number of aromatic nitrogens is 3. The van der Waals surface area contributed by atoms with Gasteiger partial charge in [0, 0.05) is 27.8 Å². The van der Waals surface area contributed by atoms with Crippen molar-refractivity contribution in [2.24, 2.45) is 0 Å². The molecular weight excluding hydrogens is 649 g/mol. The fourth-order valence-corrected chi connectivity index (χ4v) is 8.23. The summed E-state index contributed by atoms with van der Waals surface area (Å²) >= 11 is 0. The molecule has 0 amide bonds. The molecule has 0 radical (unpaired) electrons. The first kappa shape index (κ1) is 29.7. The van der Waals surface area contributed by atoms with E-state index >= 15 is 0 Å². The summed E-state index contributed by atoms with van der Waals surface area (Å²) < 4.78 is 8.87. The molecule has 0 spiro atoms. The molecule has 2 aromatic heterocycles. The molecule has 11 rings (SSSR count). The second kappa shape index (κ2) is 11.8. The molecule has 0 saturated heterocycles. The van der Waals surface area contributed by atoms with E-state index in [1.165, 1.54) is 16.2 Å². The summed E-state index contributed by atoms with van der Waals surface area (Å²) in [7, 11) is 0. The fraction of sp³-hybridized carbons (Fsp3) is 0.0417. The minimum absolute atomic E-state index is 0.173. The van der Waals surface area contributed by atoms with Crippen molar-refractivity contribution >= 4 is 60.5 Å². The maximum absolute atomic E-state index is 6.60. The number of hydrogen-bond donors (Lipinski definition) is 0. The van der Waals surface area contributed by atoms with E-state index in [1.54, 1.807) is 0 Å². The van der Waals surface area contributed by atoms with Crippen LogP contribution in [-0.2, 0) is 0 Å². The van der Waals surface area contributed by atoms with Crippen LogP contribution in [0.3, 0.4) is 0 Å². The van der Waals surface area contributed by atoms with E-state index in [2.05, 4.69) is 167 Å². The number of allylic oxidation sites excluding steroid dienone is 4. The van der Waals surface area contributed by atoms with E-state index < -0.39 is 0 Å². The van der Waals surface area contributed by atoms with Crippen LogP contribution < -0.4 is 9.64 Å². The minimum atomic E-state index is 0.173. The number of benzene rings is 7. The van der Waals surface area contributed by atoms with Crippen molar-refractivity contribution in [2.45, 2.75) is 12.3 Å². The Morgan fingerprint density at radius 1 is 0.566 bits per heavy atom. The molecule has 1 atom stereocenters. The molecule has 0 bridgehead atoms. The SMILES string of the molecule is C1=CCC(c2nc(-n3c4cc(-c5ccc6c(c5)Oc5ccccc5N6c5ccccc5)ccc4c4c5ccccc5ccc43)nc3ccccc23)C=C1. The quantitative estimate of drug-likeness (QED) is 0.186. The summed E-state index contributed by atoms with van der Waals surface area (Å²) in [6.07, 6.45) is 9.63. The van der Waals surface area contributed by atoms with Gasteiger partial charge in [-0.15, -0.1) is 0 Å². The van der Waals surface area contributed by atoms with Gasteiger partial charge in [-0.2, -0.15) is 0 Å². The molecule has 3 heterocycles. The Morgan fingerprint density at radius 3 is 2.25 bits per heavy atom. The minimum Gasteiger partial charge on any atom is -0.453 e. The predicted octanol–water partition coefficient (Wildman–Crippen LogP) is 12.7. The van der Waals surface area contributed by atoms with Crippen LogP contribution in [0, 0.1) is 0 Å². The Labute approximate surface area is 306 Å². The average Bonchev–Trinajstić information content (AvgIpc) is 3.57. The Morgan fingerprint density at radius 2 is 1.34 bits per heavy atom. The van der Waals surface area contributed by atoms with Gasteiger partial charge >= 0.3 is 0 Å². The lowest BCUT2D eigenvalue weighted by Gasteiger charge is -2.33. The molecule has 1 aliphatic carbocycles. The van der Waals surface area contributed by atoms with Crippen molar-refractivity contribution in [3.8, 4) is 28.6 Å². The third-order valence-electron chi connectivity index (χ3n) is 10.7. The van der Waals surface area contributed by atoms with E-state index in [1.807, 2.05) is 18.2 Å². The maximum Gasteiger partial charge on any atom is 0.235 e. The zero-order valence-electron chi connectivity index (χ0n) is 28.7. The maximum atomic E-state index is 6.60. The zero-order valence-corrected chi connectivity index (χ0v) is 28.7. The van der Waals surface area contributed by atoms with Gasteiger partial charge in [0.1, 0.15) is 0 Å². The third kappa shape index (κ3) is 4.71. The van der Waals surface area contributed by atoms with Gasteiger partial charge in [0.05, 0.1) is 33.6 Å². The monoisotopic (exact) mass is 680 g/mol. The molecule has 0 saturated carbocycles. The van der Waals surface area contributed by atoms with Crippen LogP contribution in [0.15, 0.2) is 176 Å². The Hall–Kier alpha value is -6.98. The number of hydrogen-bond acceptors (Lipinski definition) is 4. The first-order valence-electron chi connectivity index (χ1n) is 18.1. The molecular formula is C48H32N4O. The molecule has 1 aliphatic heterocycles. The number of rotatable bonds is 4. The van der Waals surface area contributed by atoms with Crippen LogP contribution in [0.4, 0.5) is 17.1 Å². The van der Waals surface area contributed by atoms with Gasteiger partial charge in [0.25, 0.3) is 0 Å². The molecule has 250 valence electrons. The van der Waals surface area contributed by atoms with Gasteiger partial charge < -0.3 is 9.64 Å². The first-order valence-corrected chi connectivity index (χ1v) is 18.1. The molecule has 9 aromatic rings. The lowest BCUT2D eigenvalue weighted by atomic mass is 9.94. The van der Waals surface area contributed by atoms with Gasteiger partial charge in [-0.3, -0.25) is 4.57 Å². The molecule has 5 heteroatoms. The molecule has 0 fully saturated rings. The van der Waals surface area contributed by atoms with Crippen molar-refractivity contribution < 1.29 is 4.74 Å². The number of para-hydroxylation sites is 4. The van der Waals surface area contributed by atoms with E-state index in [0.29, 0.717) is 5.95 Å². The van der Waals surface area contributed by atoms with E-state index in [0.717, 1.165) is 79.1 Å². The van der Waals surface area contributed by atoms with Crippen LogP contribution in [0.2, 0.25) is 0 Å². The van der Waals surface area contributed by atoms with Gasteiger partial charge in [0.15, 0.2) is 11.5 Å². The highest BCUT2D eigenvalue weighted by molar-refractivity contribution is 6.21. The number of fused-ring (bicyclic) bond motifs is 8. The highest BCUT2D eigenvalue weighted by Crippen LogP contribution is 2.51. The predicted molar refractivity (Wildman–Crippen MR) is 217 cm³/mol. The zero-order chi connectivity index (χ0) is 34.9. The topological polar surface area (TPSA) is 43.2 Å². The average molecular weight is 681 g/mol. The molecule has 53 heavy (non-hydrogen) atoms. The van der Waals surface area contributed by atoms with Crippen molar-refractivity contribution in [3.05, 3.63) is 182 Å². The number of anilines is 3. The molecule has 1 unspecified atom stereocenters. The van der Waals surface area contributed by atoms with Gasteiger partial charge in [-0.05, 0) is 82.9 Å². The van der Waals surface area contributed by atoms with E-state index in [9.17, 15) is 0 Å². The molecule has 2 aliphatic rings. The molecule has 7 aromatic carbocycles. The van der Waals surface area contributed by atoms with Crippen molar-refractivity contribution in [1.29, 1.82) is 0 Å². The van der Waals surface area contributed by atoms with Crippen LogP contribution >= 0.6 is 0 Å². The Balaban J connectivity index is 1.14. The normalized spacial score (nSPS) is 14.9. The smallest absolute Gasteiger partial charge is 0.235 e. The summed E-state index contributed by atoms with van der Waals surface area (Å²) in [4.78, 5) is 12.9. The van der Waals surface area contributed by atoms with Crippen LogP contribution in [0.1, 0.15) is 18.0 Å². The first-order chi connectivity index (χ1) is 26.3. The van der Waals surface area contributed by atoms with Crippen LogP contribution in [0.5, 0.6) is 11.5 Å². The fourth-order valence-electron chi connectivity index (χ4n) is 8.23. The lowest BCUT2D eigenvalue weighted by Crippen LogP contribution is -2.15.